The summed E-state index contributed by atoms with van der Waals surface area (Å²) in [6.07, 6.45) is 0. The summed E-state index contributed by atoms with van der Waals surface area (Å²) >= 11 is 0. The van der Waals surface area contributed by atoms with E-state index in [1.165, 1.54) is 12.0 Å². The Hall–Kier alpha value is -2.04. The van der Waals surface area contributed by atoms with Gasteiger partial charge in [-0.15, -0.1) is 0 Å². The molecule has 1 aromatic carbocycles. The topological polar surface area (TPSA) is 66.8 Å². The zero-order chi connectivity index (χ0) is 14.4. The molecule has 5 heteroatoms. The molecule has 0 aliphatic rings. The second kappa shape index (κ2) is 6.78. The van der Waals surface area contributed by atoms with Gasteiger partial charge in [0.2, 0.25) is 0 Å². The van der Waals surface area contributed by atoms with Crippen molar-refractivity contribution in [3.8, 4) is 5.75 Å². The van der Waals surface area contributed by atoms with Crippen LogP contribution in [0.5, 0.6) is 5.75 Å². The Balaban J connectivity index is 3.00. The quantitative estimate of drug-likeness (QED) is 0.852. The summed E-state index contributed by atoms with van der Waals surface area (Å²) in [4.78, 5) is 24.6. The van der Waals surface area contributed by atoms with E-state index in [1.807, 2.05) is 13.8 Å². The molecule has 5 nitrogen and oxygen atoms in total. The number of nitrogens with zero attached hydrogens (tertiary/aromatic N) is 1. The van der Waals surface area contributed by atoms with Gasteiger partial charge in [-0.3, -0.25) is 9.59 Å². The van der Waals surface area contributed by atoms with Gasteiger partial charge in [0.25, 0.3) is 5.91 Å². The molecule has 0 heterocycles. The monoisotopic (exact) mass is 265 g/mol. The fourth-order valence-corrected chi connectivity index (χ4v) is 1.81. The van der Waals surface area contributed by atoms with Gasteiger partial charge in [-0.1, -0.05) is 26.0 Å². The Morgan fingerprint density at radius 2 is 1.95 bits per heavy atom. The van der Waals surface area contributed by atoms with E-state index in [-0.39, 0.29) is 18.4 Å². The molecule has 0 radical (unpaired) electrons. The number of carbonyl (C=O) groups excluding carboxylic acids is 1. The molecule has 0 saturated heterocycles. The molecule has 1 rings (SSSR count). The lowest BCUT2D eigenvalue weighted by atomic mass is 10.1. The molecule has 0 aromatic heterocycles. The first-order chi connectivity index (χ1) is 8.95. The highest BCUT2D eigenvalue weighted by atomic mass is 16.5. The normalized spacial score (nSPS) is 10.3. The fourth-order valence-electron chi connectivity index (χ4n) is 1.81. The van der Waals surface area contributed by atoms with Crippen molar-refractivity contribution in [3.63, 3.8) is 0 Å². The summed E-state index contributed by atoms with van der Waals surface area (Å²) in [6.45, 7) is 3.95. The van der Waals surface area contributed by atoms with Crippen molar-refractivity contribution in [1.29, 1.82) is 0 Å². The van der Waals surface area contributed by atoms with Crippen molar-refractivity contribution in [3.05, 3.63) is 29.8 Å². The van der Waals surface area contributed by atoms with Gasteiger partial charge in [0.15, 0.2) is 0 Å². The van der Waals surface area contributed by atoms with E-state index in [0.717, 1.165) is 0 Å². The molecule has 0 aliphatic heterocycles. The van der Waals surface area contributed by atoms with Gasteiger partial charge >= 0.3 is 5.97 Å². The van der Waals surface area contributed by atoms with Crippen LogP contribution in [0.15, 0.2) is 24.3 Å². The second-order valence-corrected chi connectivity index (χ2v) is 4.67. The smallest absolute Gasteiger partial charge is 0.323 e. The fraction of sp³-hybridized carbons (Fsp3) is 0.429. The highest BCUT2D eigenvalue weighted by Gasteiger charge is 2.22. The predicted molar refractivity (Wildman–Crippen MR) is 71.4 cm³/mol. The maximum absolute atomic E-state index is 12.4. The third-order valence-electron chi connectivity index (χ3n) is 2.54. The van der Waals surface area contributed by atoms with Gasteiger partial charge in [0.1, 0.15) is 12.3 Å². The van der Waals surface area contributed by atoms with Crippen LogP contribution in [0.2, 0.25) is 0 Å². The molecular formula is C14H19NO4. The van der Waals surface area contributed by atoms with E-state index < -0.39 is 5.97 Å². The van der Waals surface area contributed by atoms with Crippen molar-refractivity contribution >= 4 is 11.9 Å². The third-order valence-corrected chi connectivity index (χ3v) is 2.54. The van der Waals surface area contributed by atoms with Crippen LogP contribution in [-0.4, -0.2) is 42.1 Å². The van der Waals surface area contributed by atoms with Crippen molar-refractivity contribution in [1.82, 2.24) is 4.90 Å². The van der Waals surface area contributed by atoms with Gasteiger partial charge < -0.3 is 14.7 Å². The van der Waals surface area contributed by atoms with Crippen LogP contribution >= 0.6 is 0 Å². The molecule has 1 N–H and O–H groups in total. The predicted octanol–water partition coefficient (Wildman–Crippen LogP) is 1.88. The number of carboxylic acid groups (broad SMARTS) is 1. The SMILES string of the molecule is COc1ccccc1C(=O)N(CC(=O)O)CC(C)C. The summed E-state index contributed by atoms with van der Waals surface area (Å²) < 4.78 is 5.13. The van der Waals surface area contributed by atoms with Crippen molar-refractivity contribution in [2.24, 2.45) is 5.92 Å². The van der Waals surface area contributed by atoms with Crippen LogP contribution in [0.4, 0.5) is 0 Å². The van der Waals surface area contributed by atoms with Crippen LogP contribution in [-0.2, 0) is 4.79 Å². The average molecular weight is 265 g/mol. The summed E-state index contributed by atoms with van der Waals surface area (Å²) in [5.41, 5.74) is 0.381. The van der Waals surface area contributed by atoms with Crippen LogP contribution in [0.25, 0.3) is 0 Å². The Kier molecular flexibility index (Phi) is 5.36. The number of para-hydroxylation sites is 1. The van der Waals surface area contributed by atoms with Crippen LogP contribution in [0, 0.1) is 5.92 Å². The van der Waals surface area contributed by atoms with E-state index in [0.29, 0.717) is 17.9 Å². The van der Waals surface area contributed by atoms with Crippen LogP contribution in [0.1, 0.15) is 24.2 Å². The Labute approximate surface area is 112 Å². The second-order valence-electron chi connectivity index (χ2n) is 4.67. The maximum atomic E-state index is 12.4. The van der Waals surface area contributed by atoms with E-state index >= 15 is 0 Å². The highest BCUT2D eigenvalue weighted by molar-refractivity contribution is 5.98. The van der Waals surface area contributed by atoms with E-state index in [2.05, 4.69) is 0 Å². The maximum Gasteiger partial charge on any atom is 0.323 e. The third kappa shape index (κ3) is 4.28. The lowest BCUT2D eigenvalue weighted by molar-refractivity contribution is -0.137. The van der Waals surface area contributed by atoms with Gasteiger partial charge in [-0.25, -0.2) is 0 Å². The number of hydrogen-bond donors (Lipinski definition) is 1. The molecule has 0 fully saturated rings. The number of carboxylic acids is 1. The standard InChI is InChI=1S/C14H19NO4/c1-10(2)8-15(9-13(16)17)14(18)11-6-4-5-7-12(11)19-3/h4-7,10H,8-9H2,1-3H3,(H,16,17). The highest BCUT2D eigenvalue weighted by Crippen LogP contribution is 2.19. The molecule has 0 spiro atoms. The molecule has 104 valence electrons. The molecule has 1 amide bonds. The Morgan fingerprint density at radius 1 is 1.32 bits per heavy atom. The number of ether oxygens (including phenoxy) is 1. The van der Waals surface area contributed by atoms with Crippen molar-refractivity contribution in [2.75, 3.05) is 20.2 Å². The van der Waals surface area contributed by atoms with Gasteiger partial charge in [-0.2, -0.15) is 0 Å². The zero-order valence-electron chi connectivity index (χ0n) is 11.4. The molecule has 1 aromatic rings. The minimum absolute atomic E-state index is 0.193. The van der Waals surface area contributed by atoms with Gasteiger partial charge in [0, 0.05) is 6.54 Å². The minimum Gasteiger partial charge on any atom is -0.496 e. The average Bonchev–Trinajstić information content (AvgIpc) is 2.36. The summed E-state index contributed by atoms with van der Waals surface area (Å²) in [7, 11) is 1.48. The molecule has 19 heavy (non-hydrogen) atoms. The number of hydrogen-bond acceptors (Lipinski definition) is 3. The van der Waals surface area contributed by atoms with Gasteiger partial charge in [0.05, 0.1) is 12.7 Å². The van der Waals surface area contributed by atoms with Crippen molar-refractivity contribution < 1.29 is 19.4 Å². The number of rotatable bonds is 6. The lowest BCUT2D eigenvalue weighted by Crippen LogP contribution is -2.38. The Morgan fingerprint density at radius 3 is 2.47 bits per heavy atom. The van der Waals surface area contributed by atoms with Crippen molar-refractivity contribution in [2.45, 2.75) is 13.8 Å². The van der Waals surface area contributed by atoms with Gasteiger partial charge in [-0.05, 0) is 18.1 Å². The van der Waals surface area contributed by atoms with E-state index in [9.17, 15) is 9.59 Å². The molecule has 0 bridgehead atoms. The zero-order valence-corrected chi connectivity index (χ0v) is 11.4. The molecule has 0 unspecified atom stereocenters. The molecular weight excluding hydrogens is 246 g/mol. The lowest BCUT2D eigenvalue weighted by Gasteiger charge is -2.23. The van der Waals surface area contributed by atoms with Crippen LogP contribution < -0.4 is 4.74 Å². The first-order valence-electron chi connectivity index (χ1n) is 6.09. The largest absolute Gasteiger partial charge is 0.496 e. The first-order valence-corrected chi connectivity index (χ1v) is 6.09. The van der Waals surface area contributed by atoms with E-state index in [4.69, 9.17) is 9.84 Å². The number of carbonyl (C=O) groups is 2. The minimum atomic E-state index is -1.02. The summed E-state index contributed by atoms with van der Waals surface area (Å²) in [6, 6.07) is 6.81. The number of benzene rings is 1. The summed E-state index contributed by atoms with van der Waals surface area (Å²) in [5, 5.41) is 8.89. The number of amides is 1. The Bertz CT molecular complexity index is 457. The van der Waals surface area contributed by atoms with Crippen LogP contribution in [0.3, 0.4) is 0 Å². The molecule has 0 atom stereocenters. The first kappa shape index (κ1) is 15.0. The number of aliphatic carboxylic acids is 1. The van der Waals surface area contributed by atoms with E-state index in [1.54, 1.807) is 24.3 Å². The molecule has 0 aliphatic carbocycles. The summed E-state index contributed by atoms with van der Waals surface area (Å²) in [5.74, 6) is -0.706. The molecule has 0 saturated carbocycles. The number of methoxy groups -OCH3 is 1.